The number of amides is 2. The van der Waals surface area contributed by atoms with Crippen molar-refractivity contribution in [2.75, 3.05) is 0 Å². The molecule has 3 unspecified atom stereocenters. The first-order valence-electron chi connectivity index (χ1n) is 6.77. The van der Waals surface area contributed by atoms with Crippen LogP contribution in [-0.2, 0) is 9.59 Å². The molecule has 5 nitrogen and oxygen atoms in total. The van der Waals surface area contributed by atoms with Crippen LogP contribution in [0.1, 0.15) is 46.0 Å². The predicted molar refractivity (Wildman–Crippen MR) is 68.7 cm³/mol. The normalized spacial score (nSPS) is 35.8. The first-order valence-corrected chi connectivity index (χ1v) is 6.77. The van der Waals surface area contributed by atoms with E-state index in [0.29, 0.717) is 12.3 Å². The van der Waals surface area contributed by atoms with E-state index in [2.05, 4.69) is 10.6 Å². The van der Waals surface area contributed by atoms with E-state index in [-0.39, 0.29) is 23.9 Å². The molecule has 5 heteroatoms. The molecule has 1 heterocycles. The average Bonchev–Trinajstić information content (AvgIpc) is 2.25. The Kier molecular flexibility index (Phi) is 3.61. The van der Waals surface area contributed by atoms with Crippen LogP contribution >= 0.6 is 0 Å². The molecule has 0 aromatic carbocycles. The van der Waals surface area contributed by atoms with Crippen LogP contribution in [0.4, 0.5) is 0 Å². The highest BCUT2D eigenvalue weighted by atomic mass is 16.2. The molecule has 1 aliphatic carbocycles. The maximum Gasteiger partial charge on any atom is 0.245 e. The van der Waals surface area contributed by atoms with Gasteiger partial charge in [0.1, 0.15) is 11.6 Å². The standard InChI is InChI=1S/C13H23N3O2/c1-13(2)12(18)15-10(11(17)16-13)7-8-4-3-5-9(14)6-8/h8-10H,3-7,14H2,1-2H3,(H,15,18)(H,16,17). The summed E-state index contributed by atoms with van der Waals surface area (Å²) >= 11 is 0. The number of hydrogen-bond acceptors (Lipinski definition) is 3. The van der Waals surface area contributed by atoms with Crippen molar-refractivity contribution in [2.24, 2.45) is 11.7 Å². The van der Waals surface area contributed by atoms with Crippen LogP contribution in [0.25, 0.3) is 0 Å². The first-order chi connectivity index (χ1) is 8.38. The van der Waals surface area contributed by atoms with Crippen LogP contribution in [0.2, 0.25) is 0 Å². The quantitative estimate of drug-likeness (QED) is 0.661. The maximum absolute atomic E-state index is 12.0. The topological polar surface area (TPSA) is 84.2 Å². The number of hydrogen-bond donors (Lipinski definition) is 3. The molecule has 1 saturated heterocycles. The van der Waals surface area contributed by atoms with Crippen LogP contribution in [0.15, 0.2) is 0 Å². The van der Waals surface area contributed by atoms with Gasteiger partial charge >= 0.3 is 0 Å². The van der Waals surface area contributed by atoms with Crippen molar-refractivity contribution in [1.29, 1.82) is 0 Å². The van der Waals surface area contributed by atoms with Gasteiger partial charge in [-0.3, -0.25) is 9.59 Å². The molecule has 3 atom stereocenters. The average molecular weight is 253 g/mol. The first kappa shape index (κ1) is 13.3. The van der Waals surface area contributed by atoms with Crippen molar-refractivity contribution in [1.82, 2.24) is 10.6 Å². The zero-order valence-electron chi connectivity index (χ0n) is 11.2. The van der Waals surface area contributed by atoms with Gasteiger partial charge < -0.3 is 16.4 Å². The molecule has 2 fully saturated rings. The summed E-state index contributed by atoms with van der Waals surface area (Å²) in [5.74, 6) is 0.275. The Bertz CT molecular complexity index is 354. The number of rotatable bonds is 2. The molecular weight excluding hydrogens is 230 g/mol. The maximum atomic E-state index is 12.0. The smallest absolute Gasteiger partial charge is 0.245 e. The monoisotopic (exact) mass is 253 g/mol. The van der Waals surface area contributed by atoms with E-state index in [1.54, 1.807) is 13.8 Å². The highest BCUT2D eigenvalue weighted by Crippen LogP contribution is 2.27. The molecule has 1 saturated carbocycles. The van der Waals surface area contributed by atoms with Crippen molar-refractivity contribution in [3.63, 3.8) is 0 Å². The van der Waals surface area contributed by atoms with Gasteiger partial charge in [-0.1, -0.05) is 12.8 Å². The summed E-state index contributed by atoms with van der Waals surface area (Å²) in [6.07, 6.45) is 4.98. The van der Waals surface area contributed by atoms with Crippen LogP contribution in [0, 0.1) is 5.92 Å². The van der Waals surface area contributed by atoms with E-state index >= 15 is 0 Å². The van der Waals surface area contributed by atoms with E-state index in [0.717, 1.165) is 25.7 Å². The molecule has 2 rings (SSSR count). The zero-order valence-corrected chi connectivity index (χ0v) is 11.2. The SMILES string of the molecule is CC1(C)NC(=O)C(CC2CCCC(N)C2)NC1=O. The van der Waals surface area contributed by atoms with Gasteiger partial charge in [-0.05, 0) is 39.0 Å². The fraction of sp³-hybridized carbons (Fsp3) is 0.846. The molecular formula is C13H23N3O2. The van der Waals surface area contributed by atoms with Gasteiger partial charge in [0.25, 0.3) is 0 Å². The summed E-state index contributed by atoms with van der Waals surface area (Å²) in [5, 5.41) is 5.60. The molecule has 0 spiro atoms. The predicted octanol–water partition coefficient (Wildman–Crippen LogP) is 0.287. The largest absolute Gasteiger partial charge is 0.342 e. The Morgan fingerprint density at radius 1 is 1.33 bits per heavy atom. The molecule has 2 amide bonds. The highest BCUT2D eigenvalue weighted by molar-refractivity contribution is 5.99. The Balaban J connectivity index is 1.94. The lowest BCUT2D eigenvalue weighted by atomic mass is 9.81. The van der Waals surface area contributed by atoms with E-state index in [4.69, 9.17) is 5.73 Å². The summed E-state index contributed by atoms with van der Waals surface area (Å²) in [7, 11) is 0. The van der Waals surface area contributed by atoms with Gasteiger partial charge in [0.2, 0.25) is 11.8 Å². The lowest BCUT2D eigenvalue weighted by Gasteiger charge is -2.37. The van der Waals surface area contributed by atoms with E-state index in [1.807, 2.05) is 0 Å². The van der Waals surface area contributed by atoms with Gasteiger partial charge in [-0.15, -0.1) is 0 Å². The number of piperazine rings is 1. The summed E-state index contributed by atoms with van der Waals surface area (Å²) in [4.78, 5) is 23.8. The second-order valence-corrected chi connectivity index (χ2v) is 6.17. The minimum absolute atomic E-state index is 0.0706. The van der Waals surface area contributed by atoms with Gasteiger partial charge in [0.15, 0.2) is 0 Å². The molecule has 0 aromatic heterocycles. The Labute approximate surface area is 108 Å². The molecule has 0 radical (unpaired) electrons. The van der Waals surface area contributed by atoms with Crippen LogP contribution in [0.5, 0.6) is 0 Å². The zero-order chi connectivity index (χ0) is 13.3. The Morgan fingerprint density at radius 3 is 2.72 bits per heavy atom. The third kappa shape index (κ3) is 2.83. The van der Waals surface area contributed by atoms with E-state index in [9.17, 15) is 9.59 Å². The fourth-order valence-corrected chi connectivity index (χ4v) is 2.90. The van der Waals surface area contributed by atoms with Gasteiger partial charge in [-0.25, -0.2) is 0 Å². The third-order valence-electron chi connectivity index (χ3n) is 4.02. The number of nitrogens with one attached hydrogen (secondary N) is 2. The summed E-state index contributed by atoms with van der Waals surface area (Å²) in [6, 6.07) is -0.136. The van der Waals surface area contributed by atoms with Crippen LogP contribution in [-0.4, -0.2) is 29.4 Å². The second-order valence-electron chi connectivity index (χ2n) is 6.17. The fourth-order valence-electron chi connectivity index (χ4n) is 2.90. The van der Waals surface area contributed by atoms with Crippen LogP contribution in [0.3, 0.4) is 0 Å². The molecule has 4 N–H and O–H groups in total. The van der Waals surface area contributed by atoms with Crippen molar-refractivity contribution in [2.45, 2.75) is 63.6 Å². The summed E-state index contributed by atoms with van der Waals surface area (Å²) in [6.45, 7) is 3.43. The third-order valence-corrected chi connectivity index (χ3v) is 4.02. The van der Waals surface area contributed by atoms with Gasteiger partial charge in [0, 0.05) is 6.04 Å². The molecule has 18 heavy (non-hydrogen) atoms. The van der Waals surface area contributed by atoms with Crippen molar-refractivity contribution in [3.8, 4) is 0 Å². The van der Waals surface area contributed by atoms with Crippen molar-refractivity contribution in [3.05, 3.63) is 0 Å². The van der Waals surface area contributed by atoms with Crippen molar-refractivity contribution >= 4 is 11.8 Å². The van der Waals surface area contributed by atoms with E-state index in [1.165, 1.54) is 0 Å². The second kappa shape index (κ2) is 4.88. The van der Waals surface area contributed by atoms with Crippen molar-refractivity contribution < 1.29 is 9.59 Å². The molecule has 2 aliphatic rings. The minimum Gasteiger partial charge on any atom is -0.342 e. The highest BCUT2D eigenvalue weighted by Gasteiger charge is 2.40. The van der Waals surface area contributed by atoms with E-state index < -0.39 is 5.54 Å². The Hall–Kier alpha value is -1.10. The number of nitrogens with two attached hydrogens (primary N) is 1. The Morgan fingerprint density at radius 2 is 2.06 bits per heavy atom. The summed E-state index contributed by atoms with van der Waals surface area (Å²) in [5.41, 5.74) is 5.15. The van der Waals surface area contributed by atoms with Gasteiger partial charge in [0.05, 0.1) is 0 Å². The molecule has 0 aromatic rings. The lowest BCUT2D eigenvalue weighted by Crippen LogP contribution is -2.67. The lowest BCUT2D eigenvalue weighted by molar-refractivity contribution is -0.140. The molecule has 102 valence electrons. The molecule has 1 aliphatic heterocycles. The van der Waals surface area contributed by atoms with Gasteiger partial charge in [-0.2, -0.15) is 0 Å². The molecule has 0 bridgehead atoms. The summed E-state index contributed by atoms with van der Waals surface area (Å²) < 4.78 is 0. The van der Waals surface area contributed by atoms with Crippen LogP contribution < -0.4 is 16.4 Å². The minimum atomic E-state index is -0.795. The number of carbonyl (C=O) groups excluding carboxylic acids is 2. The number of carbonyl (C=O) groups is 2.